The van der Waals surface area contributed by atoms with E-state index in [0.29, 0.717) is 41.0 Å². The van der Waals surface area contributed by atoms with Crippen LogP contribution in [0.3, 0.4) is 0 Å². The number of aromatic amines is 1. The molecule has 10 nitrogen and oxygen atoms in total. The van der Waals surface area contributed by atoms with Gasteiger partial charge in [-0.3, -0.25) is 9.78 Å². The first-order valence-corrected chi connectivity index (χ1v) is 11.7. The van der Waals surface area contributed by atoms with Crippen molar-refractivity contribution in [1.29, 1.82) is 0 Å². The topological polar surface area (TPSA) is 127 Å². The molecule has 4 heterocycles. The Bertz CT molecular complexity index is 1370. The number of ether oxygens (including phenoxy) is 2. The number of anilines is 1. The monoisotopic (exact) mass is 503 g/mol. The maximum Gasteiger partial charge on any atom is 0.230 e. The summed E-state index contributed by atoms with van der Waals surface area (Å²) in [5, 5.41) is 5.84. The number of amides is 1. The lowest BCUT2D eigenvalue weighted by atomic mass is 9.91. The minimum atomic E-state index is -0.810. The molecule has 0 spiro atoms. The molecule has 37 heavy (non-hydrogen) atoms. The highest BCUT2D eigenvalue weighted by atomic mass is 19.1. The summed E-state index contributed by atoms with van der Waals surface area (Å²) in [5.74, 6) is 0.327. The lowest BCUT2D eigenvalue weighted by molar-refractivity contribution is -0.230. The van der Waals surface area contributed by atoms with Crippen molar-refractivity contribution in [3.8, 4) is 22.6 Å². The van der Waals surface area contributed by atoms with E-state index in [1.165, 1.54) is 12.1 Å². The van der Waals surface area contributed by atoms with E-state index < -0.39 is 11.7 Å². The molecule has 190 valence electrons. The quantitative estimate of drug-likeness (QED) is 0.350. The molecule has 0 saturated carbocycles. The van der Waals surface area contributed by atoms with Gasteiger partial charge in [-0.15, -0.1) is 0 Å². The summed E-state index contributed by atoms with van der Waals surface area (Å²) in [6.07, 6.45) is 4.32. The van der Waals surface area contributed by atoms with Gasteiger partial charge in [0.05, 0.1) is 35.7 Å². The number of carbonyl (C=O) groups is 1. The van der Waals surface area contributed by atoms with Crippen LogP contribution in [0.1, 0.15) is 24.6 Å². The van der Waals surface area contributed by atoms with E-state index in [0.717, 1.165) is 5.56 Å². The van der Waals surface area contributed by atoms with Gasteiger partial charge in [0.15, 0.2) is 5.82 Å². The molecule has 5 rings (SSSR count). The highest BCUT2D eigenvalue weighted by Crippen LogP contribution is 2.35. The number of halogens is 1. The highest BCUT2D eigenvalue weighted by Gasteiger charge is 2.40. The number of nitrogens with one attached hydrogen (secondary N) is 3. The molecule has 3 N–H and O–H groups in total. The van der Waals surface area contributed by atoms with E-state index in [4.69, 9.17) is 14.5 Å². The van der Waals surface area contributed by atoms with Crippen LogP contribution < -0.4 is 10.6 Å². The van der Waals surface area contributed by atoms with Crippen molar-refractivity contribution in [2.24, 2.45) is 5.41 Å². The predicted molar refractivity (Wildman–Crippen MR) is 133 cm³/mol. The zero-order chi connectivity index (χ0) is 25.8. The Morgan fingerprint density at radius 3 is 2.62 bits per heavy atom. The number of carbonyl (C=O) groups excluding carboxylic acids is 1. The summed E-state index contributed by atoms with van der Waals surface area (Å²) in [7, 11) is 1.58. The van der Waals surface area contributed by atoms with Crippen molar-refractivity contribution in [1.82, 2.24) is 30.2 Å². The van der Waals surface area contributed by atoms with Gasteiger partial charge in [0.1, 0.15) is 5.82 Å². The molecule has 0 unspecified atom stereocenters. The lowest BCUT2D eigenvalue weighted by Gasteiger charge is -2.34. The summed E-state index contributed by atoms with van der Waals surface area (Å²) in [6.45, 7) is 2.61. The Morgan fingerprint density at radius 2 is 1.92 bits per heavy atom. The number of H-pyrrole nitrogens is 1. The van der Waals surface area contributed by atoms with Crippen LogP contribution in [0.2, 0.25) is 0 Å². The van der Waals surface area contributed by atoms with E-state index in [-0.39, 0.29) is 24.9 Å². The fraction of sp³-hybridized carbons (Fsp3) is 0.269. The van der Waals surface area contributed by atoms with Gasteiger partial charge in [0, 0.05) is 37.7 Å². The van der Waals surface area contributed by atoms with Crippen LogP contribution in [0.5, 0.6) is 0 Å². The molecule has 1 aliphatic heterocycles. The molecular formula is C26H26FN7O3. The summed E-state index contributed by atoms with van der Waals surface area (Å²) < 4.78 is 25.4. The van der Waals surface area contributed by atoms with E-state index in [2.05, 4.69) is 30.6 Å². The minimum Gasteiger partial charge on any atom is -0.359 e. The van der Waals surface area contributed by atoms with E-state index in [9.17, 15) is 9.18 Å². The third-order valence-electron chi connectivity index (χ3n) is 6.03. The summed E-state index contributed by atoms with van der Waals surface area (Å²) in [6, 6.07) is 11.6. The predicted octanol–water partition coefficient (Wildman–Crippen LogP) is 3.48. The van der Waals surface area contributed by atoms with Gasteiger partial charge in [-0.2, -0.15) is 0 Å². The number of imidazole rings is 1. The van der Waals surface area contributed by atoms with Crippen LogP contribution in [0.25, 0.3) is 22.6 Å². The first kappa shape index (κ1) is 24.5. The molecule has 3 aromatic heterocycles. The normalized spacial score (nSPS) is 19.4. The molecule has 1 aliphatic rings. The second kappa shape index (κ2) is 10.4. The molecular weight excluding hydrogens is 477 g/mol. The van der Waals surface area contributed by atoms with Crippen molar-refractivity contribution in [3.63, 3.8) is 0 Å². The fourth-order valence-corrected chi connectivity index (χ4v) is 3.97. The fourth-order valence-electron chi connectivity index (χ4n) is 3.97. The number of rotatable bonds is 7. The Morgan fingerprint density at radius 1 is 1.14 bits per heavy atom. The average Bonchev–Trinajstić information content (AvgIpc) is 3.38. The molecule has 11 heteroatoms. The third-order valence-corrected chi connectivity index (χ3v) is 6.03. The highest BCUT2D eigenvalue weighted by molar-refractivity contribution is 5.82. The van der Waals surface area contributed by atoms with Crippen molar-refractivity contribution < 1.29 is 18.7 Å². The summed E-state index contributed by atoms with van der Waals surface area (Å²) in [4.78, 5) is 33.3. The van der Waals surface area contributed by atoms with Crippen LogP contribution in [0, 0.1) is 11.2 Å². The van der Waals surface area contributed by atoms with Crippen LogP contribution >= 0.6 is 0 Å². The second-order valence-electron chi connectivity index (χ2n) is 8.93. The van der Waals surface area contributed by atoms with Gasteiger partial charge >= 0.3 is 0 Å². The molecule has 0 radical (unpaired) electrons. The molecule has 0 bridgehead atoms. The smallest absolute Gasteiger partial charge is 0.230 e. The van der Waals surface area contributed by atoms with E-state index >= 15 is 0 Å². The maximum absolute atomic E-state index is 13.6. The molecule has 4 aromatic rings. The lowest BCUT2D eigenvalue weighted by Crippen LogP contribution is -2.47. The molecule has 1 amide bonds. The van der Waals surface area contributed by atoms with Gasteiger partial charge in [0.2, 0.25) is 18.1 Å². The number of hydrogen-bond acceptors (Lipinski definition) is 8. The van der Waals surface area contributed by atoms with Crippen LogP contribution in [-0.2, 0) is 20.8 Å². The summed E-state index contributed by atoms with van der Waals surface area (Å²) in [5.41, 5.74) is 2.60. The summed E-state index contributed by atoms with van der Waals surface area (Å²) >= 11 is 0. The number of benzene rings is 1. The maximum atomic E-state index is 13.6. The third kappa shape index (κ3) is 5.32. The Balaban J connectivity index is 1.44. The molecule has 1 aromatic carbocycles. The number of hydrogen-bond donors (Lipinski definition) is 3. The second-order valence-corrected chi connectivity index (χ2v) is 8.93. The van der Waals surface area contributed by atoms with Crippen LogP contribution in [0.15, 0.2) is 61.1 Å². The van der Waals surface area contributed by atoms with Crippen LogP contribution in [-0.4, -0.2) is 51.1 Å². The largest absolute Gasteiger partial charge is 0.359 e. The Labute approximate surface area is 212 Å². The first-order chi connectivity index (χ1) is 17.9. The van der Waals surface area contributed by atoms with Crippen molar-refractivity contribution in [2.75, 3.05) is 25.6 Å². The van der Waals surface area contributed by atoms with Gasteiger partial charge < -0.3 is 25.1 Å². The number of pyridine rings is 1. The van der Waals surface area contributed by atoms with Gasteiger partial charge in [-0.25, -0.2) is 19.3 Å². The first-order valence-electron chi connectivity index (χ1n) is 11.7. The Kier molecular flexibility index (Phi) is 6.89. The van der Waals surface area contributed by atoms with Gasteiger partial charge in [-0.1, -0.05) is 6.07 Å². The zero-order valence-electron chi connectivity index (χ0n) is 20.4. The molecule has 1 saturated heterocycles. The van der Waals surface area contributed by atoms with Gasteiger partial charge in [0.25, 0.3) is 0 Å². The van der Waals surface area contributed by atoms with Crippen molar-refractivity contribution >= 4 is 11.9 Å². The standard InChI is InChI=1S/C26H26FN7O3/c1-26(24(35)28-2)14-36-23(37-15-26)22-33-20(17-5-7-18(27)8-6-17)21(34-22)19-9-11-30-25(32-19)31-13-16-4-3-10-29-12-16/h3-12,23H,13-15H2,1-2H3,(H,28,35)(H,33,34)(H,30,31,32). The number of aromatic nitrogens is 5. The molecule has 0 aliphatic carbocycles. The van der Waals surface area contributed by atoms with Crippen molar-refractivity contribution in [2.45, 2.75) is 19.8 Å². The number of nitrogens with zero attached hydrogens (tertiary/aromatic N) is 4. The minimum absolute atomic E-state index is 0.162. The van der Waals surface area contributed by atoms with E-state index in [1.54, 1.807) is 50.8 Å². The zero-order valence-corrected chi connectivity index (χ0v) is 20.4. The molecule has 1 fully saturated rings. The molecule has 0 atom stereocenters. The van der Waals surface area contributed by atoms with Crippen LogP contribution in [0.4, 0.5) is 10.3 Å². The SMILES string of the molecule is CNC(=O)C1(C)COC(c2nc(-c3ccc(F)cc3)c(-c3ccnc(NCc4cccnc4)n3)[nH]2)OC1. The van der Waals surface area contributed by atoms with Crippen molar-refractivity contribution in [3.05, 3.63) is 78.3 Å². The van der Waals surface area contributed by atoms with E-state index in [1.807, 2.05) is 12.1 Å². The average molecular weight is 504 g/mol. The Hall–Kier alpha value is -4.22. The van der Waals surface area contributed by atoms with Gasteiger partial charge in [-0.05, 0) is 48.9 Å².